The third-order valence-electron chi connectivity index (χ3n) is 1.95. The van der Waals surface area contributed by atoms with E-state index in [4.69, 9.17) is 9.89 Å². The fourth-order valence-corrected chi connectivity index (χ4v) is 1.24. The Morgan fingerprint density at radius 2 is 2.07 bits per heavy atom. The highest BCUT2D eigenvalue weighted by atomic mass is 16.6. The molecule has 1 heterocycles. The van der Waals surface area contributed by atoms with E-state index in [0.717, 1.165) is 5.56 Å². The van der Waals surface area contributed by atoms with Crippen molar-refractivity contribution in [2.75, 3.05) is 0 Å². The second-order valence-electron chi connectivity index (χ2n) is 2.85. The van der Waals surface area contributed by atoms with Crippen LogP contribution < -0.4 is 4.74 Å². The van der Waals surface area contributed by atoms with Crippen molar-refractivity contribution in [3.8, 4) is 17.3 Å². The molecule has 0 fully saturated rings. The second-order valence-corrected chi connectivity index (χ2v) is 2.85. The minimum atomic E-state index is 0.427. The average Bonchev–Trinajstić information content (AvgIpc) is 2.61. The Morgan fingerprint density at radius 1 is 1.36 bits per heavy atom. The molecule has 0 unspecified atom stereocenters. The summed E-state index contributed by atoms with van der Waals surface area (Å²) in [5, 5.41) is 12.7. The Balaban J connectivity index is 2.59. The zero-order valence-electron chi connectivity index (χ0n) is 7.64. The van der Waals surface area contributed by atoms with Gasteiger partial charge < -0.3 is 0 Å². The molecule has 2 aromatic rings. The summed E-state index contributed by atoms with van der Waals surface area (Å²) in [4.78, 5) is 0. The highest BCUT2D eigenvalue weighted by molar-refractivity contribution is 5.62. The summed E-state index contributed by atoms with van der Waals surface area (Å²) in [6.45, 7) is 0. The third kappa shape index (κ3) is 1.25. The minimum Gasteiger partial charge on any atom is -0.188 e. The number of hydrogen-bond acceptors (Lipinski definition) is 3. The van der Waals surface area contributed by atoms with Gasteiger partial charge in [0.05, 0.1) is 0 Å². The molecule has 0 atom stereocenters. The maximum absolute atomic E-state index is 8.88. The van der Waals surface area contributed by atoms with E-state index in [2.05, 4.69) is 5.16 Å². The van der Waals surface area contributed by atoms with Crippen molar-refractivity contribution < 1.29 is 9.37 Å². The van der Waals surface area contributed by atoms with Crippen LogP contribution >= 0.6 is 0 Å². The summed E-state index contributed by atoms with van der Waals surface area (Å²) in [5.41, 5.74) is 1.89. The van der Waals surface area contributed by atoms with Gasteiger partial charge in [0.15, 0.2) is 11.2 Å². The molecular formula is C10H8N3O+. The van der Waals surface area contributed by atoms with Crippen LogP contribution in [0.15, 0.2) is 35.0 Å². The number of hydrogen-bond donors (Lipinski definition) is 0. The average molecular weight is 186 g/mol. The van der Waals surface area contributed by atoms with Crippen LogP contribution in [-0.4, -0.2) is 5.16 Å². The molecule has 0 saturated heterocycles. The van der Waals surface area contributed by atoms with E-state index in [1.165, 1.54) is 4.74 Å². The first-order valence-electron chi connectivity index (χ1n) is 4.14. The van der Waals surface area contributed by atoms with E-state index >= 15 is 0 Å². The van der Waals surface area contributed by atoms with Gasteiger partial charge in [0, 0.05) is 5.56 Å². The van der Waals surface area contributed by atoms with Crippen LogP contribution in [0.2, 0.25) is 0 Å². The largest absolute Gasteiger partial charge is 0.299 e. The number of nitrogens with zero attached hydrogens (tertiary/aromatic N) is 3. The van der Waals surface area contributed by atoms with E-state index in [-0.39, 0.29) is 0 Å². The highest BCUT2D eigenvalue weighted by Crippen LogP contribution is 2.17. The van der Waals surface area contributed by atoms with Crippen LogP contribution in [0.5, 0.6) is 0 Å². The predicted octanol–water partition coefficient (Wildman–Crippen LogP) is 1.04. The molecular weight excluding hydrogens is 178 g/mol. The molecule has 0 amide bonds. The zero-order chi connectivity index (χ0) is 9.97. The molecule has 4 heteroatoms. The summed E-state index contributed by atoms with van der Waals surface area (Å²) < 4.78 is 6.23. The summed E-state index contributed by atoms with van der Waals surface area (Å²) in [6.07, 6.45) is 0. The van der Waals surface area contributed by atoms with Crippen molar-refractivity contribution in [3.63, 3.8) is 0 Å². The third-order valence-corrected chi connectivity index (χ3v) is 1.95. The van der Waals surface area contributed by atoms with Crippen molar-refractivity contribution in [2.45, 2.75) is 0 Å². The van der Waals surface area contributed by atoms with Crippen molar-refractivity contribution in [2.24, 2.45) is 7.05 Å². The fourth-order valence-electron chi connectivity index (χ4n) is 1.24. The van der Waals surface area contributed by atoms with Gasteiger partial charge in [0.25, 0.3) is 11.4 Å². The normalized spacial score (nSPS) is 9.71. The first-order valence-corrected chi connectivity index (χ1v) is 4.14. The van der Waals surface area contributed by atoms with Crippen LogP contribution in [0, 0.1) is 11.3 Å². The predicted molar refractivity (Wildman–Crippen MR) is 47.8 cm³/mol. The van der Waals surface area contributed by atoms with Gasteiger partial charge in [-0.1, -0.05) is 35.0 Å². The molecule has 0 N–H and O–H groups in total. The number of nitriles is 1. The van der Waals surface area contributed by atoms with Gasteiger partial charge >= 0.3 is 0 Å². The Labute approximate surface area is 81.0 Å². The smallest absolute Gasteiger partial charge is 0.188 e. The summed E-state index contributed by atoms with van der Waals surface area (Å²) in [5.74, 6) is 0. The molecule has 0 spiro atoms. The molecule has 1 aromatic carbocycles. The van der Waals surface area contributed by atoms with Crippen molar-refractivity contribution >= 4 is 0 Å². The Bertz CT molecular complexity index is 482. The van der Waals surface area contributed by atoms with Crippen LogP contribution in [-0.2, 0) is 7.05 Å². The first kappa shape index (κ1) is 8.45. The van der Waals surface area contributed by atoms with Gasteiger partial charge in [-0.15, -0.1) is 0 Å². The van der Waals surface area contributed by atoms with Crippen molar-refractivity contribution in [3.05, 3.63) is 36.0 Å². The standard InChI is InChI=1S/C10H8N3O/c1-13-9(7-11)10(12-14-13)8-5-3-2-4-6-8/h2-6H,1H3/q+1. The minimum absolute atomic E-state index is 0.427. The van der Waals surface area contributed by atoms with Gasteiger partial charge in [-0.2, -0.15) is 5.26 Å². The summed E-state index contributed by atoms with van der Waals surface area (Å²) in [6, 6.07) is 11.5. The van der Waals surface area contributed by atoms with Crippen LogP contribution in [0.25, 0.3) is 11.3 Å². The van der Waals surface area contributed by atoms with Crippen LogP contribution in [0.3, 0.4) is 0 Å². The van der Waals surface area contributed by atoms with Gasteiger partial charge in [-0.3, -0.25) is 0 Å². The highest BCUT2D eigenvalue weighted by Gasteiger charge is 2.22. The van der Waals surface area contributed by atoms with Crippen LogP contribution in [0.4, 0.5) is 0 Å². The molecule has 0 bridgehead atoms. The Hall–Kier alpha value is -2.15. The molecule has 0 aliphatic rings. The number of rotatable bonds is 1. The lowest BCUT2D eigenvalue weighted by molar-refractivity contribution is -0.855. The topological polar surface area (TPSA) is 53.7 Å². The molecule has 0 saturated carbocycles. The Kier molecular flexibility index (Phi) is 1.99. The summed E-state index contributed by atoms with van der Waals surface area (Å²) >= 11 is 0. The lowest BCUT2D eigenvalue weighted by Crippen LogP contribution is -2.28. The molecule has 4 nitrogen and oxygen atoms in total. The van der Waals surface area contributed by atoms with Crippen molar-refractivity contribution in [1.29, 1.82) is 5.26 Å². The Morgan fingerprint density at radius 3 is 2.71 bits per heavy atom. The van der Waals surface area contributed by atoms with Gasteiger partial charge in [-0.25, -0.2) is 0 Å². The van der Waals surface area contributed by atoms with Crippen LogP contribution in [0.1, 0.15) is 5.69 Å². The monoisotopic (exact) mass is 186 g/mol. The van der Waals surface area contributed by atoms with E-state index in [1.54, 1.807) is 7.05 Å². The molecule has 14 heavy (non-hydrogen) atoms. The number of benzene rings is 1. The molecule has 0 aliphatic carbocycles. The molecule has 0 radical (unpaired) electrons. The SMILES string of the molecule is C[n+]1onc(-c2ccccc2)c1C#N. The first-order chi connectivity index (χ1) is 6.83. The maximum Gasteiger partial charge on any atom is 0.299 e. The van der Waals surface area contributed by atoms with Gasteiger partial charge in [-0.05, 0) is 4.74 Å². The lowest BCUT2D eigenvalue weighted by Gasteiger charge is -1.87. The van der Waals surface area contributed by atoms with Gasteiger partial charge in [0.1, 0.15) is 7.05 Å². The van der Waals surface area contributed by atoms with E-state index in [9.17, 15) is 0 Å². The molecule has 1 aromatic heterocycles. The van der Waals surface area contributed by atoms with E-state index in [0.29, 0.717) is 11.4 Å². The quantitative estimate of drug-likeness (QED) is 0.625. The summed E-state index contributed by atoms with van der Waals surface area (Å²) in [7, 11) is 1.65. The van der Waals surface area contributed by atoms with E-state index < -0.39 is 0 Å². The van der Waals surface area contributed by atoms with Gasteiger partial charge in [0.2, 0.25) is 0 Å². The maximum atomic E-state index is 8.88. The zero-order valence-corrected chi connectivity index (χ0v) is 7.64. The number of aryl methyl sites for hydroxylation is 1. The molecule has 0 aliphatic heterocycles. The lowest BCUT2D eigenvalue weighted by atomic mass is 10.1. The number of aromatic nitrogens is 2. The van der Waals surface area contributed by atoms with E-state index in [1.807, 2.05) is 36.4 Å². The fraction of sp³-hybridized carbons (Fsp3) is 0.100. The molecule has 2 rings (SSSR count). The van der Waals surface area contributed by atoms with Crippen molar-refractivity contribution in [1.82, 2.24) is 5.16 Å². The molecule has 68 valence electrons. The second kappa shape index (κ2) is 3.30.